The van der Waals surface area contributed by atoms with Crippen LogP contribution in [0.1, 0.15) is 13.3 Å². The first kappa shape index (κ1) is 21.9. The van der Waals surface area contributed by atoms with Crippen LogP contribution in [0.4, 0.5) is 8.78 Å². The molecule has 0 bridgehead atoms. The number of carbonyl (C=O) groups is 2. The number of ether oxygens (including phenoxy) is 3. The second kappa shape index (κ2) is 11.4. The monoisotopic (exact) mass is 391 g/mol. The van der Waals surface area contributed by atoms with Gasteiger partial charge in [0.05, 0.1) is 31.4 Å². The Hall–Kier alpha value is -2.19. The number of nitrogens with one attached hydrogen (secondary N) is 1. The number of halogens is 3. The van der Waals surface area contributed by atoms with Crippen LogP contribution in [0.15, 0.2) is 36.1 Å². The van der Waals surface area contributed by atoms with Crippen molar-refractivity contribution in [3.05, 3.63) is 41.1 Å². The molecule has 0 saturated carbocycles. The van der Waals surface area contributed by atoms with Crippen LogP contribution < -0.4 is 10.1 Å². The van der Waals surface area contributed by atoms with E-state index < -0.39 is 30.8 Å². The Morgan fingerprint density at radius 1 is 1.31 bits per heavy atom. The van der Waals surface area contributed by atoms with Crippen LogP contribution in [0.25, 0.3) is 0 Å². The van der Waals surface area contributed by atoms with Crippen LogP contribution in [0.3, 0.4) is 0 Å². The Labute approximate surface area is 155 Å². The van der Waals surface area contributed by atoms with Gasteiger partial charge in [-0.2, -0.15) is 0 Å². The van der Waals surface area contributed by atoms with Gasteiger partial charge in [0.1, 0.15) is 17.6 Å². The molecule has 0 heterocycles. The maximum absolute atomic E-state index is 12.6. The Morgan fingerprint density at radius 3 is 2.58 bits per heavy atom. The van der Waals surface area contributed by atoms with Gasteiger partial charge >= 0.3 is 11.9 Å². The Bertz CT molecular complexity index is 639. The molecule has 1 rings (SSSR count). The summed E-state index contributed by atoms with van der Waals surface area (Å²) in [5.41, 5.74) is 0. The predicted molar refractivity (Wildman–Crippen MR) is 91.2 cm³/mol. The van der Waals surface area contributed by atoms with Gasteiger partial charge in [0.15, 0.2) is 0 Å². The van der Waals surface area contributed by atoms with E-state index in [9.17, 15) is 18.4 Å². The van der Waals surface area contributed by atoms with Gasteiger partial charge in [-0.3, -0.25) is 10.1 Å². The number of alkyl halides is 2. The van der Waals surface area contributed by atoms with Gasteiger partial charge in [-0.25, -0.2) is 13.6 Å². The van der Waals surface area contributed by atoms with Gasteiger partial charge in [-0.15, -0.1) is 0 Å². The fourth-order valence-corrected chi connectivity index (χ4v) is 2.08. The number of hydrogen-bond donors (Lipinski definition) is 1. The zero-order valence-electron chi connectivity index (χ0n) is 14.3. The van der Waals surface area contributed by atoms with Gasteiger partial charge in [0.2, 0.25) is 6.43 Å². The van der Waals surface area contributed by atoms with E-state index in [4.69, 9.17) is 21.1 Å². The summed E-state index contributed by atoms with van der Waals surface area (Å²) in [4.78, 5) is 23.3. The largest absolute Gasteiger partial charge is 0.468 e. The van der Waals surface area contributed by atoms with Crippen LogP contribution in [0.5, 0.6) is 5.75 Å². The number of methoxy groups -OCH3 is 1. The van der Waals surface area contributed by atoms with Gasteiger partial charge < -0.3 is 14.2 Å². The van der Waals surface area contributed by atoms with E-state index in [1.165, 1.54) is 0 Å². The summed E-state index contributed by atoms with van der Waals surface area (Å²) < 4.78 is 40.1. The number of hydrogen-bond acceptors (Lipinski definition) is 6. The summed E-state index contributed by atoms with van der Waals surface area (Å²) in [7, 11) is 1.10. The van der Waals surface area contributed by atoms with Crippen molar-refractivity contribution in [2.45, 2.75) is 25.8 Å². The molecular formula is C17H20ClF2NO5. The molecule has 1 N–H and O–H groups in total. The van der Waals surface area contributed by atoms with Crippen molar-refractivity contribution in [3.63, 3.8) is 0 Å². The first-order chi connectivity index (χ1) is 12.4. The molecule has 6 nitrogen and oxygen atoms in total. The Morgan fingerprint density at radius 2 is 2.00 bits per heavy atom. The molecule has 9 heteroatoms. The lowest BCUT2D eigenvalue weighted by atomic mass is 10.2. The molecule has 144 valence electrons. The van der Waals surface area contributed by atoms with Crippen molar-refractivity contribution in [2.75, 3.05) is 20.3 Å². The standard InChI is InChI=1S/C17H20ClF2NO5/c1-3-25-16(22)8-11(26-14-7-5-4-6-12(14)18)10-21-13(9-15(19)20)17(23)24-2/h4-8,13,15,21H,3,9-10H2,1-2H3/b11-8-. The van der Waals surface area contributed by atoms with Gasteiger partial charge in [-0.05, 0) is 19.1 Å². The van der Waals surface area contributed by atoms with Crippen LogP contribution in [-0.4, -0.2) is 44.7 Å². The van der Waals surface area contributed by atoms with E-state index in [1.807, 2.05) is 0 Å². The maximum atomic E-state index is 12.6. The molecule has 0 amide bonds. The minimum absolute atomic E-state index is 0.0414. The Balaban J connectivity index is 2.92. The molecule has 0 aromatic heterocycles. The minimum atomic E-state index is -2.71. The average Bonchev–Trinajstić information content (AvgIpc) is 2.59. The smallest absolute Gasteiger partial charge is 0.334 e. The van der Waals surface area contributed by atoms with Crippen molar-refractivity contribution in [2.24, 2.45) is 0 Å². The highest BCUT2D eigenvalue weighted by atomic mass is 35.5. The third-order valence-corrected chi connectivity index (χ3v) is 3.38. The van der Waals surface area contributed by atoms with E-state index in [-0.39, 0.29) is 24.7 Å². The summed E-state index contributed by atoms with van der Waals surface area (Å²) in [5, 5.41) is 2.88. The lowest BCUT2D eigenvalue weighted by Crippen LogP contribution is -2.40. The zero-order valence-corrected chi connectivity index (χ0v) is 15.1. The summed E-state index contributed by atoms with van der Waals surface area (Å²) in [5.74, 6) is -1.23. The number of rotatable bonds is 10. The number of carbonyl (C=O) groups excluding carboxylic acids is 2. The van der Waals surface area contributed by atoms with Crippen molar-refractivity contribution in [3.8, 4) is 5.75 Å². The molecule has 0 saturated heterocycles. The quantitative estimate of drug-likeness (QED) is 0.375. The minimum Gasteiger partial charge on any atom is -0.468 e. The number of benzene rings is 1. The lowest BCUT2D eigenvalue weighted by molar-refractivity contribution is -0.144. The van der Waals surface area contributed by atoms with Crippen LogP contribution >= 0.6 is 11.6 Å². The van der Waals surface area contributed by atoms with E-state index in [1.54, 1.807) is 31.2 Å². The highest BCUT2D eigenvalue weighted by Crippen LogP contribution is 2.25. The molecule has 0 aliphatic carbocycles. The molecule has 0 aliphatic rings. The van der Waals surface area contributed by atoms with Gasteiger partial charge in [-0.1, -0.05) is 23.7 Å². The lowest BCUT2D eigenvalue weighted by Gasteiger charge is -2.18. The highest BCUT2D eigenvalue weighted by Gasteiger charge is 2.24. The van der Waals surface area contributed by atoms with Gasteiger partial charge in [0, 0.05) is 6.42 Å². The molecule has 0 spiro atoms. The third-order valence-electron chi connectivity index (χ3n) is 3.07. The van der Waals surface area contributed by atoms with Crippen molar-refractivity contribution in [1.82, 2.24) is 5.32 Å². The predicted octanol–water partition coefficient (Wildman–Crippen LogP) is 2.95. The summed E-state index contributed by atoms with van der Waals surface area (Å²) >= 11 is 6.01. The molecule has 1 aromatic carbocycles. The second-order valence-electron chi connectivity index (χ2n) is 4.98. The average molecular weight is 392 g/mol. The van der Waals surface area contributed by atoms with Crippen LogP contribution in [0.2, 0.25) is 5.02 Å². The molecule has 0 fully saturated rings. The maximum Gasteiger partial charge on any atom is 0.334 e. The summed E-state index contributed by atoms with van der Waals surface area (Å²) in [6.07, 6.45) is -2.41. The van der Waals surface area contributed by atoms with Gasteiger partial charge in [0.25, 0.3) is 0 Å². The Kier molecular flexibility index (Phi) is 9.61. The molecule has 1 atom stereocenters. The summed E-state index contributed by atoms with van der Waals surface area (Å²) in [6.45, 7) is 1.59. The molecule has 0 radical (unpaired) electrons. The van der Waals surface area contributed by atoms with Crippen LogP contribution in [-0.2, 0) is 19.1 Å². The normalized spacial score (nSPS) is 12.6. The highest BCUT2D eigenvalue weighted by molar-refractivity contribution is 6.32. The summed E-state index contributed by atoms with van der Waals surface area (Å²) in [6, 6.07) is 5.25. The fraction of sp³-hybridized carbons (Fsp3) is 0.412. The third kappa shape index (κ3) is 7.79. The zero-order chi connectivity index (χ0) is 19.5. The molecule has 0 aliphatic heterocycles. The van der Waals surface area contributed by atoms with E-state index >= 15 is 0 Å². The molecule has 26 heavy (non-hydrogen) atoms. The first-order valence-corrected chi connectivity index (χ1v) is 8.14. The van der Waals surface area contributed by atoms with Crippen LogP contribution in [0, 0.1) is 0 Å². The number of para-hydroxylation sites is 1. The van der Waals surface area contributed by atoms with E-state index in [0.717, 1.165) is 13.2 Å². The molecular weight excluding hydrogens is 372 g/mol. The van der Waals surface area contributed by atoms with Crippen molar-refractivity contribution in [1.29, 1.82) is 0 Å². The molecule has 1 aromatic rings. The fourth-order valence-electron chi connectivity index (χ4n) is 1.91. The van der Waals surface area contributed by atoms with Crippen molar-refractivity contribution >= 4 is 23.5 Å². The second-order valence-corrected chi connectivity index (χ2v) is 5.39. The van der Waals surface area contributed by atoms with Crippen molar-refractivity contribution < 1.29 is 32.6 Å². The SMILES string of the molecule is CCOC(=O)/C=C(/CNC(CC(F)F)C(=O)OC)Oc1ccccc1Cl. The first-order valence-electron chi connectivity index (χ1n) is 7.76. The van der Waals surface area contributed by atoms with E-state index in [0.29, 0.717) is 5.02 Å². The van der Waals surface area contributed by atoms with E-state index in [2.05, 4.69) is 10.1 Å². The molecule has 1 unspecified atom stereocenters. The number of esters is 2. The topological polar surface area (TPSA) is 73.9 Å².